The van der Waals surface area contributed by atoms with E-state index < -0.39 is 26.9 Å². The van der Waals surface area contributed by atoms with E-state index in [1.54, 1.807) is 13.0 Å². The van der Waals surface area contributed by atoms with Crippen LogP contribution in [0.2, 0.25) is 0 Å². The first-order chi connectivity index (χ1) is 8.78. The Kier molecular flexibility index (Phi) is 3.46. The molecule has 19 heavy (non-hydrogen) atoms. The molecule has 0 saturated carbocycles. The lowest BCUT2D eigenvalue weighted by Gasteiger charge is -2.17. The van der Waals surface area contributed by atoms with Crippen LogP contribution in [-0.2, 0) is 9.84 Å². The maximum atomic E-state index is 11.4. The molecule has 2 N–H and O–H groups in total. The normalized spacial score (nSPS) is 25.2. The number of nitro benzene ring substituents is 1. The van der Waals surface area contributed by atoms with Gasteiger partial charge in [0, 0.05) is 17.8 Å². The second-order valence-electron chi connectivity index (χ2n) is 4.65. The predicted molar refractivity (Wildman–Crippen MR) is 69.9 cm³/mol. The summed E-state index contributed by atoms with van der Waals surface area (Å²) in [5.41, 5.74) is 1.14. The summed E-state index contributed by atoms with van der Waals surface area (Å²) in [6.45, 7) is 1.75. The fourth-order valence-corrected chi connectivity index (χ4v) is 3.79. The van der Waals surface area contributed by atoms with Crippen molar-refractivity contribution in [1.82, 2.24) is 0 Å². The molecule has 0 aliphatic carbocycles. The lowest BCUT2D eigenvalue weighted by molar-refractivity contribution is -0.384. The summed E-state index contributed by atoms with van der Waals surface area (Å²) in [5, 5.41) is 23.3. The number of anilines is 1. The molecule has 1 aliphatic rings. The monoisotopic (exact) mass is 286 g/mol. The van der Waals surface area contributed by atoms with Crippen LogP contribution in [-0.4, -0.2) is 42.1 Å². The molecular formula is C11H14N2O5S. The van der Waals surface area contributed by atoms with Crippen LogP contribution in [0.3, 0.4) is 0 Å². The van der Waals surface area contributed by atoms with Crippen molar-refractivity contribution in [3.63, 3.8) is 0 Å². The molecule has 0 bridgehead atoms. The van der Waals surface area contributed by atoms with Crippen LogP contribution >= 0.6 is 0 Å². The van der Waals surface area contributed by atoms with Crippen LogP contribution < -0.4 is 5.32 Å². The summed E-state index contributed by atoms with van der Waals surface area (Å²) >= 11 is 0. The molecule has 1 aliphatic heterocycles. The molecule has 1 aromatic carbocycles. The van der Waals surface area contributed by atoms with Crippen LogP contribution in [0.5, 0.6) is 0 Å². The Hall–Kier alpha value is -1.67. The summed E-state index contributed by atoms with van der Waals surface area (Å²) in [7, 11) is -3.25. The largest absolute Gasteiger partial charge is 0.390 e. The number of sulfone groups is 1. The molecule has 1 fully saturated rings. The fraction of sp³-hybridized carbons (Fsp3) is 0.455. The Balaban J connectivity index is 2.24. The van der Waals surface area contributed by atoms with Gasteiger partial charge in [0.1, 0.15) is 0 Å². The summed E-state index contributed by atoms with van der Waals surface area (Å²) < 4.78 is 22.8. The van der Waals surface area contributed by atoms with E-state index in [9.17, 15) is 23.6 Å². The number of rotatable bonds is 3. The van der Waals surface area contributed by atoms with E-state index in [0.717, 1.165) is 5.56 Å². The average Bonchev–Trinajstić information content (AvgIpc) is 2.54. The van der Waals surface area contributed by atoms with E-state index in [1.807, 2.05) is 0 Å². The van der Waals surface area contributed by atoms with Gasteiger partial charge in [0.05, 0.1) is 28.6 Å². The molecule has 0 amide bonds. The topological polar surface area (TPSA) is 110 Å². The Bertz CT molecular complexity index is 614. The minimum atomic E-state index is -3.25. The van der Waals surface area contributed by atoms with Crippen LogP contribution in [0, 0.1) is 17.0 Å². The van der Waals surface area contributed by atoms with Gasteiger partial charge in [-0.1, -0.05) is 6.07 Å². The highest BCUT2D eigenvalue weighted by Gasteiger charge is 2.36. The molecule has 1 saturated heterocycles. The molecule has 2 atom stereocenters. The van der Waals surface area contributed by atoms with Gasteiger partial charge in [-0.25, -0.2) is 8.42 Å². The lowest BCUT2D eigenvalue weighted by atomic mass is 10.1. The smallest absolute Gasteiger partial charge is 0.271 e. The minimum Gasteiger partial charge on any atom is -0.390 e. The first kappa shape index (κ1) is 13.8. The van der Waals surface area contributed by atoms with Crippen LogP contribution in [0.1, 0.15) is 5.56 Å². The number of nitro groups is 1. The number of non-ortho nitro benzene ring substituents is 1. The molecule has 104 valence electrons. The van der Waals surface area contributed by atoms with Crippen molar-refractivity contribution in [2.45, 2.75) is 19.1 Å². The summed E-state index contributed by atoms with van der Waals surface area (Å²) in [5.74, 6) is -0.449. The van der Waals surface area contributed by atoms with Gasteiger partial charge in [-0.3, -0.25) is 10.1 Å². The van der Waals surface area contributed by atoms with Crippen molar-refractivity contribution >= 4 is 21.2 Å². The minimum absolute atomic E-state index is 0.0801. The second kappa shape index (κ2) is 4.78. The molecular weight excluding hydrogens is 272 g/mol. The van der Waals surface area contributed by atoms with E-state index in [4.69, 9.17) is 0 Å². The third-order valence-corrected chi connectivity index (χ3v) is 4.81. The second-order valence-corrected chi connectivity index (χ2v) is 6.81. The van der Waals surface area contributed by atoms with Crippen molar-refractivity contribution in [1.29, 1.82) is 0 Å². The molecule has 0 aromatic heterocycles. The highest BCUT2D eigenvalue weighted by atomic mass is 32.2. The molecule has 1 aromatic rings. The fourth-order valence-electron chi connectivity index (χ4n) is 2.05. The van der Waals surface area contributed by atoms with E-state index in [-0.39, 0.29) is 17.2 Å². The van der Waals surface area contributed by atoms with Crippen molar-refractivity contribution < 1.29 is 18.4 Å². The van der Waals surface area contributed by atoms with Crippen LogP contribution in [0.25, 0.3) is 0 Å². The van der Waals surface area contributed by atoms with Gasteiger partial charge in [0.25, 0.3) is 5.69 Å². The number of nitrogens with zero attached hydrogens (tertiary/aromatic N) is 1. The number of aryl methyl sites for hydroxylation is 1. The van der Waals surface area contributed by atoms with E-state index in [0.29, 0.717) is 5.69 Å². The standard InChI is InChI=1S/C11H14N2O5S/c1-7-2-3-8(13(15)16)4-9(7)12-10-5-19(17,18)6-11(10)14/h2-4,10-12,14H,5-6H2,1H3/t10-,11-/m0/s1. The third kappa shape index (κ3) is 3.02. The van der Waals surface area contributed by atoms with E-state index >= 15 is 0 Å². The maximum Gasteiger partial charge on any atom is 0.271 e. The Labute approximate surface area is 110 Å². The van der Waals surface area contributed by atoms with Crippen molar-refractivity contribution in [3.05, 3.63) is 33.9 Å². The quantitative estimate of drug-likeness (QED) is 0.617. The first-order valence-electron chi connectivity index (χ1n) is 5.68. The molecule has 1 heterocycles. The van der Waals surface area contributed by atoms with Crippen LogP contribution in [0.15, 0.2) is 18.2 Å². The van der Waals surface area contributed by atoms with Gasteiger partial charge in [0.15, 0.2) is 9.84 Å². The molecule has 0 spiro atoms. The summed E-state index contributed by atoms with van der Waals surface area (Å²) in [4.78, 5) is 10.2. The highest BCUT2D eigenvalue weighted by Crippen LogP contribution is 2.25. The third-order valence-electron chi connectivity index (χ3n) is 3.10. The van der Waals surface area contributed by atoms with Gasteiger partial charge < -0.3 is 10.4 Å². The summed E-state index contributed by atoms with van der Waals surface area (Å²) in [6, 6.07) is 3.66. The zero-order chi connectivity index (χ0) is 14.2. The Morgan fingerprint density at radius 3 is 2.63 bits per heavy atom. The zero-order valence-electron chi connectivity index (χ0n) is 10.2. The number of aliphatic hydroxyl groups is 1. The van der Waals surface area contributed by atoms with Gasteiger partial charge in [-0.15, -0.1) is 0 Å². The van der Waals surface area contributed by atoms with Gasteiger partial charge in [0.2, 0.25) is 0 Å². The van der Waals surface area contributed by atoms with Crippen molar-refractivity contribution in [2.75, 3.05) is 16.8 Å². The van der Waals surface area contributed by atoms with E-state index in [2.05, 4.69) is 5.32 Å². The Morgan fingerprint density at radius 2 is 2.11 bits per heavy atom. The molecule has 0 unspecified atom stereocenters. The number of hydrogen-bond acceptors (Lipinski definition) is 6. The molecule has 2 rings (SSSR count). The van der Waals surface area contributed by atoms with Crippen molar-refractivity contribution in [3.8, 4) is 0 Å². The number of nitrogens with one attached hydrogen (secondary N) is 1. The SMILES string of the molecule is Cc1ccc([N+](=O)[O-])cc1N[C@H]1CS(=O)(=O)C[C@@H]1O. The maximum absolute atomic E-state index is 11.4. The molecule has 0 radical (unpaired) electrons. The first-order valence-corrected chi connectivity index (χ1v) is 7.51. The molecule has 8 heteroatoms. The number of hydrogen-bond donors (Lipinski definition) is 2. The van der Waals surface area contributed by atoms with Gasteiger partial charge in [-0.05, 0) is 12.5 Å². The number of benzene rings is 1. The number of aliphatic hydroxyl groups excluding tert-OH is 1. The van der Waals surface area contributed by atoms with Crippen molar-refractivity contribution in [2.24, 2.45) is 0 Å². The van der Waals surface area contributed by atoms with Crippen LogP contribution in [0.4, 0.5) is 11.4 Å². The summed E-state index contributed by atoms with van der Waals surface area (Å²) in [6.07, 6.45) is -0.997. The van der Waals surface area contributed by atoms with Gasteiger partial charge >= 0.3 is 0 Å². The zero-order valence-corrected chi connectivity index (χ0v) is 11.1. The van der Waals surface area contributed by atoms with E-state index in [1.165, 1.54) is 12.1 Å². The average molecular weight is 286 g/mol. The predicted octanol–water partition coefficient (Wildman–Crippen LogP) is 0.473. The highest BCUT2D eigenvalue weighted by molar-refractivity contribution is 7.91. The van der Waals surface area contributed by atoms with Gasteiger partial charge in [-0.2, -0.15) is 0 Å². The molecule has 7 nitrogen and oxygen atoms in total. The lowest BCUT2D eigenvalue weighted by Crippen LogP contribution is -2.32. The Morgan fingerprint density at radius 1 is 1.42 bits per heavy atom.